The zero-order valence-corrected chi connectivity index (χ0v) is 18.2. The molecule has 3 nitrogen and oxygen atoms in total. The Morgan fingerprint density at radius 1 is 0.800 bits per heavy atom. The molecule has 0 aliphatic rings. The van der Waals surface area contributed by atoms with Crippen molar-refractivity contribution in [1.82, 2.24) is 0 Å². The Labute approximate surface area is 179 Å². The quantitative estimate of drug-likeness (QED) is 0.202. The average molecular weight is 428 g/mol. The Morgan fingerprint density at radius 3 is 1.63 bits per heavy atom. The fourth-order valence-electron chi connectivity index (χ4n) is 3.52. The number of hydrogen-bond acceptors (Lipinski definition) is 2. The van der Waals surface area contributed by atoms with Crippen LogP contribution in [0.4, 0.5) is 18.9 Å². The number of halogens is 3. The molecule has 0 unspecified atom stereocenters. The first-order valence-corrected chi connectivity index (χ1v) is 11.3. The lowest BCUT2D eigenvalue weighted by atomic mass is 10.0. The first-order chi connectivity index (χ1) is 14.4. The fourth-order valence-corrected chi connectivity index (χ4v) is 3.52. The molecule has 170 valence electrons. The zero-order valence-electron chi connectivity index (χ0n) is 18.2. The van der Waals surface area contributed by atoms with E-state index in [1.807, 2.05) is 0 Å². The van der Waals surface area contributed by atoms with Crippen molar-refractivity contribution < 1.29 is 22.8 Å². The maximum absolute atomic E-state index is 12.9. The molecule has 0 saturated carbocycles. The van der Waals surface area contributed by atoms with E-state index in [2.05, 4.69) is 6.92 Å². The van der Waals surface area contributed by atoms with E-state index in [4.69, 9.17) is 0 Å². The predicted octanol–water partition coefficient (Wildman–Crippen LogP) is 7.49. The summed E-state index contributed by atoms with van der Waals surface area (Å²) >= 11 is 0. The van der Waals surface area contributed by atoms with Gasteiger partial charge in [-0.25, -0.2) is 0 Å². The van der Waals surface area contributed by atoms with Gasteiger partial charge < -0.3 is 4.90 Å². The van der Waals surface area contributed by atoms with E-state index in [-0.39, 0.29) is 12.2 Å². The van der Waals surface area contributed by atoms with Crippen LogP contribution in [0.15, 0.2) is 24.3 Å². The summed E-state index contributed by atoms with van der Waals surface area (Å²) in [6, 6.07) is 5.61. The van der Waals surface area contributed by atoms with Gasteiger partial charge in [-0.2, -0.15) is 13.2 Å². The summed E-state index contributed by atoms with van der Waals surface area (Å²) in [4.78, 5) is 23.3. The molecular weight excluding hydrogens is 391 g/mol. The van der Waals surface area contributed by atoms with Gasteiger partial charge in [-0.05, 0) is 30.7 Å². The molecule has 0 aliphatic carbocycles. The van der Waals surface area contributed by atoms with Crippen LogP contribution in [0.3, 0.4) is 0 Å². The molecule has 0 saturated heterocycles. The largest absolute Gasteiger partial charge is 0.471 e. The topological polar surface area (TPSA) is 37.4 Å². The van der Waals surface area contributed by atoms with Crippen LogP contribution in [-0.2, 0) is 4.79 Å². The summed E-state index contributed by atoms with van der Waals surface area (Å²) < 4.78 is 38.8. The van der Waals surface area contributed by atoms with Crippen LogP contribution < -0.4 is 4.90 Å². The summed E-state index contributed by atoms with van der Waals surface area (Å²) in [7, 11) is 0. The Hall–Kier alpha value is -1.85. The number of amides is 1. The van der Waals surface area contributed by atoms with Crippen molar-refractivity contribution in [3.05, 3.63) is 29.8 Å². The predicted molar refractivity (Wildman–Crippen MR) is 116 cm³/mol. The number of carbonyl (C=O) groups excluding carboxylic acids is 2. The van der Waals surface area contributed by atoms with E-state index < -0.39 is 12.1 Å². The Bertz CT molecular complexity index is 599. The molecule has 1 aromatic rings. The van der Waals surface area contributed by atoms with Gasteiger partial charge in [-0.3, -0.25) is 9.59 Å². The van der Waals surface area contributed by atoms with Crippen LogP contribution in [0, 0.1) is 0 Å². The van der Waals surface area contributed by atoms with Gasteiger partial charge in [0.1, 0.15) is 6.29 Å². The molecule has 0 bridgehead atoms. The first kappa shape index (κ1) is 26.2. The Morgan fingerprint density at radius 2 is 1.23 bits per heavy atom. The van der Waals surface area contributed by atoms with Gasteiger partial charge in [0.05, 0.1) is 0 Å². The highest BCUT2D eigenvalue weighted by atomic mass is 19.4. The summed E-state index contributed by atoms with van der Waals surface area (Å²) in [5.74, 6) is -1.86. The highest BCUT2D eigenvalue weighted by Crippen LogP contribution is 2.25. The maximum atomic E-state index is 12.9. The molecule has 0 aliphatic heterocycles. The summed E-state index contributed by atoms with van der Waals surface area (Å²) in [5.41, 5.74) is 0.529. The van der Waals surface area contributed by atoms with Crippen LogP contribution in [0.2, 0.25) is 0 Å². The molecule has 1 rings (SSSR count). The third kappa shape index (κ3) is 10.8. The highest BCUT2D eigenvalue weighted by molar-refractivity contribution is 5.97. The number of unbranched alkanes of at least 4 members (excludes halogenated alkanes) is 12. The Kier molecular flexibility index (Phi) is 13.1. The van der Waals surface area contributed by atoms with E-state index in [9.17, 15) is 22.8 Å². The maximum Gasteiger partial charge on any atom is 0.471 e. The average Bonchev–Trinajstić information content (AvgIpc) is 2.73. The molecule has 0 N–H and O–H groups in total. The second-order valence-electron chi connectivity index (χ2n) is 7.91. The molecule has 0 spiro atoms. The van der Waals surface area contributed by atoms with E-state index in [1.165, 1.54) is 75.6 Å². The number of nitrogens with zero attached hydrogens (tertiary/aromatic N) is 1. The lowest BCUT2D eigenvalue weighted by Gasteiger charge is -2.24. The molecule has 6 heteroatoms. The van der Waals surface area contributed by atoms with Crippen molar-refractivity contribution in [3.63, 3.8) is 0 Å². The third-order valence-electron chi connectivity index (χ3n) is 5.31. The lowest BCUT2D eigenvalue weighted by molar-refractivity contribution is -0.170. The molecule has 1 amide bonds. The second kappa shape index (κ2) is 15.0. The van der Waals surface area contributed by atoms with Crippen molar-refractivity contribution in [2.45, 2.75) is 96.6 Å². The minimum atomic E-state index is -4.92. The minimum absolute atomic E-state index is 0.0243. The minimum Gasteiger partial charge on any atom is -0.305 e. The molecule has 0 radical (unpaired) electrons. The monoisotopic (exact) mass is 427 g/mol. The van der Waals surface area contributed by atoms with E-state index in [1.54, 1.807) is 0 Å². The van der Waals surface area contributed by atoms with Crippen LogP contribution in [0.1, 0.15) is 101 Å². The van der Waals surface area contributed by atoms with Crippen LogP contribution in [0.5, 0.6) is 0 Å². The van der Waals surface area contributed by atoms with E-state index in [0.29, 0.717) is 18.3 Å². The first-order valence-electron chi connectivity index (χ1n) is 11.3. The molecule has 0 atom stereocenters. The number of aldehydes is 1. The van der Waals surface area contributed by atoms with E-state index in [0.717, 1.165) is 30.6 Å². The SMILES string of the molecule is CCCCCCCCCCCCCCCN(C(=O)C(F)(F)F)c1ccc(C=O)cc1. The van der Waals surface area contributed by atoms with Gasteiger partial charge in [0.25, 0.3) is 0 Å². The number of anilines is 1. The number of hydrogen-bond donors (Lipinski definition) is 0. The standard InChI is InChI=1S/C24H36F3NO2/c1-2-3-4-5-6-7-8-9-10-11-12-13-14-19-28(23(30)24(25,26)27)22-17-15-21(20-29)16-18-22/h15-18,20H,2-14,19H2,1H3. The number of rotatable bonds is 16. The van der Waals surface area contributed by atoms with Crippen LogP contribution >= 0.6 is 0 Å². The highest BCUT2D eigenvalue weighted by Gasteiger charge is 2.42. The fraction of sp³-hybridized carbons (Fsp3) is 0.667. The molecule has 0 fully saturated rings. The van der Waals surface area contributed by atoms with Crippen molar-refractivity contribution in [2.75, 3.05) is 11.4 Å². The van der Waals surface area contributed by atoms with Gasteiger partial charge in [-0.15, -0.1) is 0 Å². The summed E-state index contributed by atoms with van der Waals surface area (Å²) in [5, 5.41) is 0. The van der Waals surface area contributed by atoms with Crippen molar-refractivity contribution in [2.24, 2.45) is 0 Å². The molecule has 1 aromatic carbocycles. The molecular formula is C24H36F3NO2. The van der Waals surface area contributed by atoms with Crippen molar-refractivity contribution >= 4 is 17.9 Å². The number of alkyl halides is 3. The van der Waals surface area contributed by atoms with Gasteiger partial charge in [0.15, 0.2) is 0 Å². The van der Waals surface area contributed by atoms with Crippen LogP contribution in [-0.4, -0.2) is 24.9 Å². The molecule has 0 aromatic heterocycles. The van der Waals surface area contributed by atoms with Gasteiger partial charge >= 0.3 is 12.1 Å². The van der Waals surface area contributed by atoms with Crippen LogP contribution in [0.25, 0.3) is 0 Å². The van der Waals surface area contributed by atoms with Gasteiger partial charge in [0.2, 0.25) is 0 Å². The molecule has 30 heavy (non-hydrogen) atoms. The molecule has 0 heterocycles. The number of benzene rings is 1. The second-order valence-corrected chi connectivity index (χ2v) is 7.91. The van der Waals surface area contributed by atoms with Crippen molar-refractivity contribution in [3.8, 4) is 0 Å². The summed E-state index contributed by atoms with van der Waals surface area (Å²) in [6.07, 6.45) is 10.6. The van der Waals surface area contributed by atoms with E-state index >= 15 is 0 Å². The lowest BCUT2D eigenvalue weighted by Crippen LogP contribution is -2.41. The van der Waals surface area contributed by atoms with Gasteiger partial charge in [0, 0.05) is 17.8 Å². The normalized spacial score (nSPS) is 11.5. The van der Waals surface area contributed by atoms with Gasteiger partial charge in [-0.1, -0.05) is 84.0 Å². The zero-order chi connectivity index (χ0) is 22.2. The van der Waals surface area contributed by atoms with Crippen molar-refractivity contribution in [1.29, 1.82) is 0 Å². The number of carbonyl (C=O) groups is 2. The Balaban J connectivity index is 2.27. The summed E-state index contributed by atoms with van der Waals surface area (Å²) in [6.45, 7) is 2.24. The smallest absolute Gasteiger partial charge is 0.305 e. The third-order valence-corrected chi connectivity index (χ3v) is 5.31.